The first kappa shape index (κ1) is 33.2. The summed E-state index contributed by atoms with van der Waals surface area (Å²) >= 11 is 0. The van der Waals surface area contributed by atoms with Crippen LogP contribution in [0.15, 0.2) is 121 Å². The number of rotatable bonds is 9. The largest absolute Gasteiger partial charge is 0.339 e. The molecule has 0 spiro atoms. The number of fused-ring (bicyclic) bond motifs is 3. The molecular formula is C41H38N3O5P. The number of piperidine rings is 1. The van der Waals surface area contributed by atoms with E-state index in [4.69, 9.17) is 4.52 Å². The third-order valence-corrected chi connectivity index (χ3v) is 11.1. The highest BCUT2D eigenvalue weighted by atomic mass is 31.1. The molecule has 3 amide bonds. The molecule has 1 aliphatic rings. The predicted molar refractivity (Wildman–Crippen MR) is 201 cm³/mol. The number of benzene rings is 6. The van der Waals surface area contributed by atoms with Gasteiger partial charge in [0, 0.05) is 35.6 Å². The predicted octanol–water partition coefficient (Wildman–Crippen LogP) is 8.83. The molecule has 2 N–H and O–H groups in total. The first-order chi connectivity index (χ1) is 24.4. The van der Waals surface area contributed by atoms with Crippen LogP contribution in [0.2, 0.25) is 0 Å². The number of nitrogens with zero attached hydrogens (tertiary/aromatic N) is 1. The lowest BCUT2D eigenvalue weighted by atomic mass is 9.94. The van der Waals surface area contributed by atoms with Crippen LogP contribution in [0.5, 0.6) is 0 Å². The van der Waals surface area contributed by atoms with Crippen LogP contribution in [0, 0.1) is 5.92 Å². The number of likely N-dealkylation sites (tertiary alicyclic amines) is 1. The fourth-order valence-electron chi connectivity index (χ4n) is 6.89. The van der Waals surface area contributed by atoms with Gasteiger partial charge in [-0.25, -0.2) is 0 Å². The lowest BCUT2D eigenvalue weighted by Crippen LogP contribution is -2.41. The molecule has 8 nitrogen and oxygen atoms in total. The molecule has 1 fully saturated rings. The van der Waals surface area contributed by atoms with Crippen LogP contribution < -0.4 is 10.6 Å². The lowest BCUT2D eigenvalue weighted by molar-refractivity contribution is -0.121. The van der Waals surface area contributed by atoms with Gasteiger partial charge >= 0.3 is 0 Å². The van der Waals surface area contributed by atoms with Gasteiger partial charge in [-0.3, -0.25) is 18.9 Å². The van der Waals surface area contributed by atoms with E-state index in [2.05, 4.69) is 10.6 Å². The second-order valence-corrected chi connectivity index (χ2v) is 14.1. The average molecular weight is 684 g/mol. The Labute approximate surface area is 291 Å². The number of nitrogens with one attached hydrogen (secondary N) is 2. The summed E-state index contributed by atoms with van der Waals surface area (Å²) in [5.74, 6) is -0.890. The van der Waals surface area contributed by atoms with E-state index in [-0.39, 0.29) is 24.3 Å². The van der Waals surface area contributed by atoms with Crippen LogP contribution in [-0.4, -0.2) is 42.3 Å². The topological polar surface area (TPSA) is 105 Å². The van der Waals surface area contributed by atoms with Crippen LogP contribution >= 0.6 is 8.03 Å². The van der Waals surface area contributed by atoms with E-state index in [0.29, 0.717) is 48.4 Å². The second-order valence-electron chi connectivity index (χ2n) is 12.6. The molecule has 9 heteroatoms. The summed E-state index contributed by atoms with van der Waals surface area (Å²) < 4.78 is 19.0. The number of hydrogen-bond acceptors (Lipinski definition) is 5. The Morgan fingerprint density at radius 1 is 0.740 bits per heavy atom. The molecule has 0 radical (unpaired) electrons. The van der Waals surface area contributed by atoms with E-state index in [1.54, 1.807) is 13.0 Å². The van der Waals surface area contributed by atoms with E-state index < -0.39 is 19.6 Å². The first-order valence-corrected chi connectivity index (χ1v) is 18.4. The van der Waals surface area contributed by atoms with Crippen molar-refractivity contribution >= 4 is 69.4 Å². The van der Waals surface area contributed by atoms with E-state index in [9.17, 15) is 18.9 Å². The van der Waals surface area contributed by atoms with Crippen LogP contribution in [0.4, 0.5) is 11.4 Å². The molecule has 50 heavy (non-hydrogen) atoms. The minimum atomic E-state index is -2.82. The van der Waals surface area contributed by atoms with Crippen LogP contribution in [0.1, 0.15) is 41.3 Å². The summed E-state index contributed by atoms with van der Waals surface area (Å²) in [5, 5.41) is 11.6. The number of anilines is 2. The minimum Gasteiger partial charge on any atom is -0.339 e. The molecule has 1 aliphatic heterocycles. The fourth-order valence-corrected chi connectivity index (χ4v) is 8.13. The summed E-state index contributed by atoms with van der Waals surface area (Å²) in [4.78, 5) is 42.8. The molecule has 7 rings (SSSR count). The maximum absolute atomic E-state index is 14.0. The van der Waals surface area contributed by atoms with Gasteiger partial charge in [0.25, 0.3) is 5.91 Å². The zero-order chi connectivity index (χ0) is 34.6. The number of carbonyl (C=O) groups is 3. The maximum atomic E-state index is 14.0. The van der Waals surface area contributed by atoms with Crippen LogP contribution in [0.25, 0.3) is 32.3 Å². The smallest absolute Gasteiger partial charge is 0.253 e. The van der Waals surface area contributed by atoms with Gasteiger partial charge in [-0.05, 0) is 76.5 Å². The van der Waals surface area contributed by atoms with Crippen LogP contribution in [0.3, 0.4) is 0 Å². The Kier molecular flexibility index (Phi) is 9.74. The van der Waals surface area contributed by atoms with Crippen molar-refractivity contribution in [1.29, 1.82) is 0 Å². The minimum absolute atomic E-state index is 0.0299. The van der Waals surface area contributed by atoms with Crippen LogP contribution in [-0.2, 0) is 18.7 Å². The molecule has 2 atom stereocenters. The first-order valence-electron chi connectivity index (χ1n) is 17.0. The number of hydrogen-bond donors (Lipinski definition) is 2. The zero-order valence-corrected chi connectivity index (χ0v) is 28.7. The standard InChI is InChI=1S/C41H38N3O5P/c1-2-49-50(48)38(36-17-9-14-28-11-5-7-15-34(28)36)40(46)42-33-25-31-13-6-8-16-35(31)37(26-33)43-39(45)29-20-22-44(23-21-29)41(47)32-19-18-27-10-3-4-12-30(27)24-32/h3-19,24-26,29,38,50H,2,20-23H2,1H3,(H,42,46)(H,43,45). The summed E-state index contributed by atoms with van der Waals surface area (Å²) in [7, 11) is -2.82. The van der Waals surface area contributed by atoms with E-state index in [1.165, 1.54) is 0 Å². The van der Waals surface area contributed by atoms with Crippen molar-refractivity contribution in [2.75, 3.05) is 30.3 Å². The van der Waals surface area contributed by atoms with E-state index in [1.807, 2.05) is 120 Å². The number of carbonyl (C=O) groups excluding carboxylic acids is 3. The van der Waals surface area contributed by atoms with Crippen molar-refractivity contribution in [2.24, 2.45) is 5.92 Å². The molecule has 0 bridgehead atoms. The van der Waals surface area contributed by atoms with Crippen molar-refractivity contribution < 1.29 is 23.5 Å². The Balaban J connectivity index is 1.08. The molecule has 0 saturated carbocycles. The highest BCUT2D eigenvalue weighted by molar-refractivity contribution is 7.41. The van der Waals surface area contributed by atoms with Gasteiger partial charge in [-0.15, -0.1) is 0 Å². The van der Waals surface area contributed by atoms with Gasteiger partial charge < -0.3 is 20.1 Å². The Bertz CT molecular complexity index is 2260. The van der Waals surface area contributed by atoms with Gasteiger partial charge in [-0.1, -0.05) is 97.1 Å². The molecule has 1 saturated heterocycles. The van der Waals surface area contributed by atoms with Gasteiger partial charge in [0.15, 0.2) is 0 Å². The Morgan fingerprint density at radius 2 is 1.40 bits per heavy atom. The van der Waals surface area contributed by atoms with E-state index in [0.717, 1.165) is 32.3 Å². The van der Waals surface area contributed by atoms with Gasteiger partial charge in [0.05, 0.1) is 12.3 Å². The summed E-state index contributed by atoms with van der Waals surface area (Å²) in [6, 6.07) is 38.3. The monoisotopic (exact) mass is 683 g/mol. The normalized spacial score (nSPS) is 14.8. The lowest BCUT2D eigenvalue weighted by Gasteiger charge is -2.31. The highest BCUT2D eigenvalue weighted by Gasteiger charge is 2.31. The molecule has 252 valence electrons. The quantitative estimate of drug-likeness (QED) is 0.148. The number of amides is 3. The summed E-state index contributed by atoms with van der Waals surface area (Å²) in [5.41, 5.74) is 1.30. The fraction of sp³-hybridized carbons (Fsp3) is 0.195. The molecular weight excluding hydrogens is 645 g/mol. The zero-order valence-electron chi connectivity index (χ0n) is 27.7. The SMILES string of the molecule is CCO[PH](=O)C(C(=O)Nc1cc(NC(=O)C2CCN(C(=O)c3ccc4ccccc4c3)CC2)c2ccccc2c1)c1cccc2ccccc12. The van der Waals surface area contributed by atoms with E-state index >= 15 is 0 Å². The second kappa shape index (κ2) is 14.7. The molecule has 0 aromatic heterocycles. The molecule has 2 unspecified atom stereocenters. The Morgan fingerprint density at radius 3 is 2.16 bits per heavy atom. The molecule has 0 aliphatic carbocycles. The maximum Gasteiger partial charge on any atom is 0.253 e. The highest BCUT2D eigenvalue weighted by Crippen LogP contribution is 2.45. The van der Waals surface area contributed by atoms with Gasteiger partial charge in [0.2, 0.25) is 19.8 Å². The van der Waals surface area contributed by atoms with Gasteiger partial charge in [0.1, 0.15) is 5.66 Å². The summed E-state index contributed by atoms with van der Waals surface area (Å²) in [6.07, 6.45) is 1.08. The van der Waals surface area contributed by atoms with Crippen molar-refractivity contribution in [3.63, 3.8) is 0 Å². The van der Waals surface area contributed by atoms with Crippen molar-refractivity contribution in [3.05, 3.63) is 132 Å². The van der Waals surface area contributed by atoms with Crippen molar-refractivity contribution in [2.45, 2.75) is 25.4 Å². The van der Waals surface area contributed by atoms with Crippen molar-refractivity contribution in [3.8, 4) is 0 Å². The molecule has 6 aromatic rings. The molecule has 1 heterocycles. The molecule has 6 aromatic carbocycles. The third kappa shape index (κ3) is 6.90. The third-order valence-electron chi connectivity index (χ3n) is 9.46. The Hall–Kier alpha value is -5.30. The summed E-state index contributed by atoms with van der Waals surface area (Å²) in [6.45, 7) is 2.94. The van der Waals surface area contributed by atoms with Crippen molar-refractivity contribution in [1.82, 2.24) is 4.90 Å². The van der Waals surface area contributed by atoms with Gasteiger partial charge in [-0.2, -0.15) is 0 Å². The average Bonchev–Trinajstić information content (AvgIpc) is 3.14.